The highest BCUT2D eigenvalue weighted by molar-refractivity contribution is 5.57. The molecule has 0 aliphatic carbocycles. The van der Waals surface area contributed by atoms with Crippen molar-refractivity contribution < 1.29 is 31.4 Å². The number of anilines is 3. The quantitative estimate of drug-likeness (QED) is 0.374. The first-order valence-electron chi connectivity index (χ1n) is 8.87. The lowest BCUT2D eigenvalue weighted by atomic mass is 10.3. The largest absolute Gasteiger partial charge is 0.433 e. The number of nitrogens with one attached hydrogen (secondary N) is 2. The first-order valence-corrected chi connectivity index (χ1v) is 8.87. The SMILES string of the molecule is CCC(O)Nc1nc(Nc2ccnc(C(F)(F)F)c2)nc(-c2nccc(C(F)(F)F)n2)n1. The van der Waals surface area contributed by atoms with Crippen LogP contribution in [-0.2, 0) is 12.4 Å². The van der Waals surface area contributed by atoms with Crippen LogP contribution >= 0.6 is 0 Å². The number of aliphatic hydroxyl groups excluding tert-OH is 1. The summed E-state index contributed by atoms with van der Waals surface area (Å²) >= 11 is 0. The van der Waals surface area contributed by atoms with E-state index < -0.39 is 41.6 Å². The Bertz CT molecular complexity index is 1090. The van der Waals surface area contributed by atoms with E-state index in [1.807, 2.05) is 0 Å². The molecule has 0 spiro atoms. The molecule has 32 heavy (non-hydrogen) atoms. The fourth-order valence-electron chi connectivity index (χ4n) is 2.26. The first-order chi connectivity index (χ1) is 15.0. The van der Waals surface area contributed by atoms with Gasteiger partial charge in [0.25, 0.3) is 0 Å². The molecule has 0 saturated heterocycles. The molecule has 1 unspecified atom stereocenters. The van der Waals surface area contributed by atoms with Gasteiger partial charge in [-0.15, -0.1) is 0 Å². The van der Waals surface area contributed by atoms with E-state index >= 15 is 0 Å². The van der Waals surface area contributed by atoms with E-state index in [2.05, 4.69) is 40.5 Å². The number of alkyl halides is 6. The van der Waals surface area contributed by atoms with Crippen LogP contribution in [0.4, 0.5) is 43.9 Å². The van der Waals surface area contributed by atoms with Crippen molar-refractivity contribution in [1.29, 1.82) is 0 Å². The van der Waals surface area contributed by atoms with E-state index in [0.717, 1.165) is 12.4 Å². The number of aliphatic hydroxyl groups is 1. The molecule has 0 aromatic carbocycles. The minimum Gasteiger partial charge on any atom is -0.374 e. The average molecular weight is 460 g/mol. The molecule has 3 aromatic heterocycles. The van der Waals surface area contributed by atoms with Crippen molar-refractivity contribution >= 4 is 17.6 Å². The molecular weight excluding hydrogens is 446 g/mol. The van der Waals surface area contributed by atoms with E-state index in [1.54, 1.807) is 6.92 Å². The molecule has 0 aliphatic heterocycles. The lowest BCUT2D eigenvalue weighted by molar-refractivity contribution is -0.141. The maximum Gasteiger partial charge on any atom is 0.433 e. The molecule has 3 rings (SSSR count). The summed E-state index contributed by atoms with van der Waals surface area (Å²) in [5.41, 5.74) is -2.53. The third-order valence-electron chi connectivity index (χ3n) is 3.77. The van der Waals surface area contributed by atoms with Gasteiger partial charge in [-0.2, -0.15) is 41.3 Å². The number of hydrogen-bond donors (Lipinski definition) is 3. The summed E-state index contributed by atoms with van der Waals surface area (Å²) in [7, 11) is 0. The summed E-state index contributed by atoms with van der Waals surface area (Å²) in [5.74, 6) is -1.52. The topological polar surface area (TPSA) is 122 Å². The molecule has 0 radical (unpaired) electrons. The van der Waals surface area contributed by atoms with Crippen LogP contribution in [0.25, 0.3) is 11.6 Å². The van der Waals surface area contributed by atoms with Crippen molar-refractivity contribution in [3.05, 3.63) is 42.0 Å². The highest BCUT2D eigenvalue weighted by Crippen LogP contribution is 2.30. The summed E-state index contributed by atoms with van der Waals surface area (Å²) < 4.78 is 77.6. The predicted octanol–water partition coefficient (Wildman–Crippen LogP) is 3.65. The normalized spacial score (nSPS) is 13.0. The third kappa shape index (κ3) is 5.75. The third-order valence-corrected chi connectivity index (χ3v) is 3.77. The molecule has 15 heteroatoms. The lowest BCUT2D eigenvalue weighted by Gasteiger charge is -2.13. The zero-order chi connectivity index (χ0) is 23.5. The first kappa shape index (κ1) is 23.1. The maximum absolute atomic E-state index is 13.0. The monoisotopic (exact) mass is 460 g/mol. The van der Waals surface area contributed by atoms with Crippen molar-refractivity contribution in [3.63, 3.8) is 0 Å². The molecule has 0 saturated carbocycles. The van der Waals surface area contributed by atoms with Gasteiger partial charge < -0.3 is 15.7 Å². The molecule has 9 nitrogen and oxygen atoms in total. The van der Waals surface area contributed by atoms with Crippen molar-refractivity contribution in [3.8, 4) is 11.6 Å². The second kappa shape index (κ2) is 8.86. The lowest BCUT2D eigenvalue weighted by Crippen LogP contribution is -2.20. The number of hydrogen-bond acceptors (Lipinski definition) is 9. The van der Waals surface area contributed by atoms with Gasteiger partial charge in [0.15, 0.2) is 5.82 Å². The molecule has 3 aromatic rings. The van der Waals surface area contributed by atoms with Crippen molar-refractivity contribution in [2.45, 2.75) is 31.9 Å². The van der Waals surface area contributed by atoms with E-state index in [0.29, 0.717) is 12.1 Å². The van der Waals surface area contributed by atoms with Crippen molar-refractivity contribution in [1.82, 2.24) is 29.9 Å². The maximum atomic E-state index is 13.0. The Kier molecular flexibility index (Phi) is 6.38. The van der Waals surface area contributed by atoms with Crippen LogP contribution in [0.5, 0.6) is 0 Å². The fraction of sp³-hybridized carbons (Fsp3) is 0.294. The van der Waals surface area contributed by atoms with Crippen LogP contribution in [-0.4, -0.2) is 41.2 Å². The summed E-state index contributed by atoms with van der Waals surface area (Å²) in [6.45, 7) is 1.63. The summed E-state index contributed by atoms with van der Waals surface area (Å²) in [4.78, 5) is 22.0. The number of pyridine rings is 1. The van der Waals surface area contributed by atoms with Crippen LogP contribution in [0.2, 0.25) is 0 Å². The van der Waals surface area contributed by atoms with Crippen molar-refractivity contribution in [2.75, 3.05) is 10.6 Å². The van der Waals surface area contributed by atoms with Crippen LogP contribution in [0.3, 0.4) is 0 Å². The van der Waals surface area contributed by atoms with E-state index in [4.69, 9.17) is 0 Å². The second-order valence-electron chi connectivity index (χ2n) is 6.19. The second-order valence-corrected chi connectivity index (χ2v) is 6.19. The molecule has 0 amide bonds. The van der Waals surface area contributed by atoms with Gasteiger partial charge in [0.1, 0.15) is 17.6 Å². The molecule has 170 valence electrons. The van der Waals surface area contributed by atoms with Crippen LogP contribution < -0.4 is 10.6 Å². The zero-order valence-corrected chi connectivity index (χ0v) is 16.1. The molecule has 3 heterocycles. The van der Waals surface area contributed by atoms with Crippen LogP contribution in [0.15, 0.2) is 30.6 Å². The Labute approximate surface area is 176 Å². The van der Waals surface area contributed by atoms with Crippen LogP contribution in [0.1, 0.15) is 24.7 Å². The van der Waals surface area contributed by atoms with Gasteiger partial charge in [0.05, 0.1) is 0 Å². The van der Waals surface area contributed by atoms with Gasteiger partial charge in [-0.1, -0.05) is 6.92 Å². The summed E-state index contributed by atoms with van der Waals surface area (Å²) in [6.07, 6.45) is -8.58. The minimum atomic E-state index is -4.75. The van der Waals surface area contributed by atoms with Gasteiger partial charge in [-0.05, 0) is 24.6 Å². The van der Waals surface area contributed by atoms with Gasteiger partial charge >= 0.3 is 12.4 Å². The van der Waals surface area contributed by atoms with Crippen molar-refractivity contribution in [2.24, 2.45) is 0 Å². The number of rotatable bonds is 6. The molecular formula is C17H14F6N8O. The van der Waals surface area contributed by atoms with E-state index in [9.17, 15) is 31.4 Å². The Morgan fingerprint density at radius 1 is 0.844 bits per heavy atom. The Morgan fingerprint density at radius 2 is 1.50 bits per heavy atom. The standard InChI is InChI=1S/C17H14F6N8O/c1-2-11(32)28-15-30-13(12-25-6-4-9(27-12)16(18,19)20)29-14(31-15)26-8-3-5-24-10(7-8)17(21,22)23/h3-7,11,32H,2H2,1H3,(H2,24,26,28,29,30,31). The average Bonchev–Trinajstić information content (AvgIpc) is 2.72. The molecule has 0 fully saturated rings. The number of aromatic nitrogens is 6. The fourth-order valence-corrected chi connectivity index (χ4v) is 2.26. The highest BCUT2D eigenvalue weighted by atomic mass is 19.4. The molecule has 3 N–H and O–H groups in total. The highest BCUT2D eigenvalue weighted by Gasteiger charge is 2.34. The smallest absolute Gasteiger partial charge is 0.374 e. The Hall–Kier alpha value is -3.62. The zero-order valence-electron chi connectivity index (χ0n) is 16.1. The Morgan fingerprint density at radius 3 is 2.16 bits per heavy atom. The summed E-state index contributed by atoms with van der Waals surface area (Å²) in [6, 6.07) is 2.55. The summed E-state index contributed by atoms with van der Waals surface area (Å²) in [5, 5.41) is 14.8. The number of halogens is 6. The molecule has 1 atom stereocenters. The Balaban J connectivity index is 2.03. The molecule has 0 aliphatic rings. The van der Waals surface area contributed by atoms with Gasteiger partial charge in [0.2, 0.25) is 17.7 Å². The number of nitrogens with zero attached hydrogens (tertiary/aromatic N) is 6. The predicted molar refractivity (Wildman–Crippen MR) is 98.3 cm³/mol. The van der Waals surface area contributed by atoms with E-state index in [1.165, 1.54) is 6.07 Å². The van der Waals surface area contributed by atoms with Gasteiger partial charge in [-0.3, -0.25) is 4.98 Å². The van der Waals surface area contributed by atoms with E-state index in [-0.39, 0.29) is 24.0 Å². The molecule has 0 bridgehead atoms. The minimum absolute atomic E-state index is 0.101. The van der Waals surface area contributed by atoms with Crippen LogP contribution in [0, 0.1) is 0 Å². The van der Waals surface area contributed by atoms with Gasteiger partial charge in [-0.25, -0.2) is 9.97 Å². The van der Waals surface area contributed by atoms with Gasteiger partial charge in [0, 0.05) is 18.1 Å².